The lowest BCUT2D eigenvalue weighted by Crippen LogP contribution is -1.87. The highest BCUT2D eigenvalue weighted by Gasteiger charge is 1.96. The summed E-state index contributed by atoms with van der Waals surface area (Å²) in [4.78, 5) is 0. The van der Waals surface area contributed by atoms with E-state index in [9.17, 15) is 0 Å². The lowest BCUT2D eigenvalue weighted by atomic mass is 10.1. The second kappa shape index (κ2) is 3.44. The first-order valence-electron chi connectivity index (χ1n) is 3.39. The lowest BCUT2D eigenvalue weighted by molar-refractivity contribution is 1.28. The molecule has 0 bridgehead atoms. The Labute approximate surface area is 71.5 Å². The van der Waals surface area contributed by atoms with Crippen LogP contribution in [0.4, 0.5) is 5.69 Å². The van der Waals surface area contributed by atoms with Gasteiger partial charge in [-0.25, -0.2) is 0 Å². The first kappa shape index (κ1) is 8.15. The molecule has 0 fully saturated rings. The molecule has 0 aliphatic heterocycles. The van der Waals surface area contributed by atoms with Gasteiger partial charge >= 0.3 is 0 Å². The molecule has 0 radical (unpaired) electrons. The van der Waals surface area contributed by atoms with Gasteiger partial charge in [0, 0.05) is 10.7 Å². The zero-order valence-electron chi connectivity index (χ0n) is 6.18. The average Bonchev–Trinajstić information content (AvgIpc) is 1.95. The molecular formula is C9H10ClN. The van der Waals surface area contributed by atoms with Gasteiger partial charge in [-0.2, -0.15) is 0 Å². The highest BCUT2D eigenvalue weighted by molar-refractivity contribution is 6.31. The quantitative estimate of drug-likeness (QED) is 0.532. The van der Waals surface area contributed by atoms with Crippen LogP contribution < -0.4 is 5.73 Å². The Bertz CT molecular complexity index is 268. The Balaban J connectivity index is 2.98. The van der Waals surface area contributed by atoms with Gasteiger partial charge in [0.2, 0.25) is 0 Å². The summed E-state index contributed by atoms with van der Waals surface area (Å²) in [6.45, 7) is 3.63. The number of nitrogens with two attached hydrogens (primary N) is 1. The van der Waals surface area contributed by atoms with Gasteiger partial charge in [-0.3, -0.25) is 0 Å². The van der Waals surface area contributed by atoms with Crippen LogP contribution in [0.5, 0.6) is 0 Å². The second-order valence-corrected chi connectivity index (χ2v) is 2.75. The van der Waals surface area contributed by atoms with Crippen LogP contribution >= 0.6 is 11.6 Å². The van der Waals surface area contributed by atoms with Crippen molar-refractivity contribution >= 4 is 17.3 Å². The molecule has 0 heterocycles. The van der Waals surface area contributed by atoms with Crippen molar-refractivity contribution in [2.45, 2.75) is 6.42 Å². The van der Waals surface area contributed by atoms with Crippen LogP contribution in [0.15, 0.2) is 30.9 Å². The molecule has 2 heteroatoms. The minimum atomic E-state index is 0.697. The Hall–Kier alpha value is -0.950. The van der Waals surface area contributed by atoms with E-state index >= 15 is 0 Å². The molecule has 0 unspecified atom stereocenters. The minimum Gasteiger partial charge on any atom is -0.399 e. The van der Waals surface area contributed by atoms with E-state index in [1.54, 1.807) is 6.07 Å². The summed E-state index contributed by atoms with van der Waals surface area (Å²) in [5, 5.41) is 0.713. The molecule has 58 valence electrons. The predicted octanol–water partition coefficient (Wildman–Crippen LogP) is 2.65. The maximum atomic E-state index is 5.88. The number of halogens is 1. The molecule has 1 rings (SSSR count). The zero-order chi connectivity index (χ0) is 8.27. The van der Waals surface area contributed by atoms with E-state index < -0.39 is 0 Å². The van der Waals surface area contributed by atoms with Crippen molar-refractivity contribution in [3.63, 3.8) is 0 Å². The maximum absolute atomic E-state index is 5.88. The lowest BCUT2D eigenvalue weighted by Gasteiger charge is -2.00. The molecule has 2 N–H and O–H groups in total. The van der Waals surface area contributed by atoms with Crippen LogP contribution in [0.2, 0.25) is 5.02 Å². The van der Waals surface area contributed by atoms with Crippen LogP contribution in [0.25, 0.3) is 0 Å². The van der Waals surface area contributed by atoms with Crippen LogP contribution in [0.1, 0.15) is 5.56 Å². The minimum absolute atomic E-state index is 0.697. The largest absolute Gasteiger partial charge is 0.399 e. The smallest absolute Gasteiger partial charge is 0.0461 e. The number of allylic oxidation sites excluding steroid dienone is 1. The van der Waals surface area contributed by atoms with Crippen molar-refractivity contribution in [3.05, 3.63) is 41.4 Å². The summed E-state index contributed by atoms with van der Waals surface area (Å²) in [6, 6.07) is 5.50. The summed E-state index contributed by atoms with van der Waals surface area (Å²) >= 11 is 5.88. The second-order valence-electron chi connectivity index (χ2n) is 2.34. The van der Waals surface area contributed by atoms with E-state index in [-0.39, 0.29) is 0 Å². The van der Waals surface area contributed by atoms with Crippen molar-refractivity contribution in [3.8, 4) is 0 Å². The third-order valence-electron chi connectivity index (χ3n) is 1.44. The van der Waals surface area contributed by atoms with E-state index in [0.717, 1.165) is 12.0 Å². The molecule has 11 heavy (non-hydrogen) atoms. The van der Waals surface area contributed by atoms with E-state index in [1.165, 1.54) is 0 Å². The van der Waals surface area contributed by atoms with Gasteiger partial charge in [-0.05, 0) is 24.1 Å². The summed E-state index contributed by atoms with van der Waals surface area (Å²) < 4.78 is 0. The topological polar surface area (TPSA) is 26.0 Å². The highest BCUT2D eigenvalue weighted by atomic mass is 35.5. The van der Waals surface area contributed by atoms with Crippen molar-refractivity contribution in [1.29, 1.82) is 0 Å². The van der Waals surface area contributed by atoms with Crippen LogP contribution in [0.3, 0.4) is 0 Å². The molecule has 0 aromatic heterocycles. The van der Waals surface area contributed by atoms with Gasteiger partial charge in [0.15, 0.2) is 0 Å². The van der Waals surface area contributed by atoms with Gasteiger partial charge in [-0.15, -0.1) is 6.58 Å². The van der Waals surface area contributed by atoms with Crippen LogP contribution in [-0.4, -0.2) is 0 Å². The monoisotopic (exact) mass is 167 g/mol. The fraction of sp³-hybridized carbons (Fsp3) is 0.111. The van der Waals surface area contributed by atoms with Gasteiger partial charge in [0.25, 0.3) is 0 Å². The van der Waals surface area contributed by atoms with Crippen molar-refractivity contribution in [2.75, 3.05) is 5.73 Å². The molecule has 0 saturated heterocycles. The SMILES string of the molecule is C=CCc1ccc(N)cc1Cl. The number of rotatable bonds is 2. The average molecular weight is 168 g/mol. The Morgan fingerprint density at radius 3 is 2.82 bits per heavy atom. The summed E-state index contributed by atoms with van der Waals surface area (Å²) in [6.07, 6.45) is 2.61. The van der Waals surface area contributed by atoms with Crippen molar-refractivity contribution in [2.24, 2.45) is 0 Å². The molecule has 1 aromatic carbocycles. The summed E-state index contributed by atoms with van der Waals surface area (Å²) in [7, 11) is 0. The number of nitrogen functional groups attached to an aromatic ring is 1. The first-order valence-corrected chi connectivity index (χ1v) is 3.76. The van der Waals surface area contributed by atoms with Gasteiger partial charge in [-0.1, -0.05) is 23.7 Å². The molecule has 0 aliphatic rings. The molecule has 1 aromatic rings. The molecule has 0 atom stereocenters. The Morgan fingerprint density at radius 2 is 2.27 bits per heavy atom. The van der Waals surface area contributed by atoms with Gasteiger partial charge in [0.1, 0.15) is 0 Å². The molecule has 0 amide bonds. The first-order chi connectivity index (χ1) is 5.24. The van der Waals surface area contributed by atoms with Crippen LogP contribution in [-0.2, 0) is 6.42 Å². The van der Waals surface area contributed by atoms with Crippen LogP contribution in [0, 0.1) is 0 Å². The molecule has 1 nitrogen and oxygen atoms in total. The van der Waals surface area contributed by atoms with Crippen molar-refractivity contribution < 1.29 is 0 Å². The normalized spacial score (nSPS) is 9.55. The summed E-state index contributed by atoms with van der Waals surface area (Å²) in [5.74, 6) is 0. The number of benzene rings is 1. The van der Waals surface area contributed by atoms with E-state index in [4.69, 9.17) is 17.3 Å². The predicted molar refractivity (Wildman–Crippen MR) is 49.8 cm³/mol. The zero-order valence-corrected chi connectivity index (χ0v) is 6.93. The van der Waals surface area contributed by atoms with Gasteiger partial charge in [0.05, 0.1) is 0 Å². The van der Waals surface area contributed by atoms with E-state index in [2.05, 4.69) is 6.58 Å². The molecular weight excluding hydrogens is 158 g/mol. The Kier molecular flexibility index (Phi) is 2.55. The summed E-state index contributed by atoms with van der Waals surface area (Å²) in [5.41, 5.74) is 7.28. The molecule has 0 aliphatic carbocycles. The fourth-order valence-electron chi connectivity index (χ4n) is 0.885. The van der Waals surface area contributed by atoms with Gasteiger partial charge < -0.3 is 5.73 Å². The highest BCUT2D eigenvalue weighted by Crippen LogP contribution is 2.19. The third kappa shape index (κ3) is 1.99. The number of hydrogen-bond acceptors (Lipinski definition) is 1. The number of anilines is 1. The van der Waals surface area contributed by atoms with Crippen molar-refractivity contribution in [1.82, 2.24) is 0 Å². The Morgan fingerprint density at radius 1 is 1.55 bits per heavy atom. The maximum Gasteiger partial charge on any atom is 0.0461 e. The van der Waals surface area contributed by atoms with E-state index in [1.807, 2.05) is 18.2 Å². The molecule has 0 spiro atoms. The number of hydrogen-bond donors (Lipinski definition) is 1. The third-order valence-corrected chi connectivity index (χ3v) is 1.79. The standard InChI is InChI=1S/C9H10ClN/c1-2-3-7-4-5-8(11)6-9(7)10/h2,4-6H,1,3,11H2. The molecule has 0 saturated carbocycles. The van der Waals surface area contributed by atoms with E-state index in [0.29, 0.717) is 10.7 Å². The fourth-order valence-corrected chi connectivity index (χ4v) is 1.15.